The highest BCUT2D eigenvalue weighted by Gasteiger charge is 2.25. The lowest BCUT2D eigenvalue weighted by Gasteiger charge is -2.23. The first-order valence-corrected chi connectivity index (χ1v) is 7.84. The number of anilines is 1. The average molecular weight is 265 g/mol. The van der Waals surface area contributed by atoms with Crippen LogP contribution in [-0.2, 0) is 6.42 Å². The maximum atomic E-state index is 3.98. The Hall–Kier alpha value is -1.68. The van der Waals surface area contributed by atoms with Crippen molar-refractivity contribution in [2.24, 2.45) is 5.92 Å². The zero-order valence-corrected chi connectivity index (χ0v) is 12.1. The highest BCUT2D eigenvalue weighted by Crippen LogP contribution is 2.32. The standard InChI is InChI=1S/C19H23N/c1-2-18-15-17-12-6-7-13-19(17)20(18)14-8-11-16-9-4-3-5-10-16/h2,6-7,12-13,16,18H,1,3-5,9-10,14-15H2. The van der Waals surface area contributed by atoms with Crippen LogP contribution in [0.15, 0.2) is 36.9 Å². The molecule has 1 fully saturated rings. The van der Waals surface area contributed by atoms with Crippen LogP contribution in [0.25, 0.3) is 0 Å². The molecule has 1 saturated carbocycles. The number of hydrogen-bond donors (Lipinski definition) is 0. The summed E-state index contributed by atoms with van der Waals surface area (Å²) in [7, 11) is 0. The van der Waals surface area contributed by atoms with Gasteiger partial charge in [-0.25, -0.2) is 0 Å². The highest BCUT2D eigenvalue weighted by atomic mass is 15.2. The van der Waals surface area contributed by atoms with Crippen LogP contribution >= 0.6 is 0 Å². The second-order valence-corrected chi connectivity index (χ2v) is 5.92. The molecular weight excluding hydrogens is 242 g/mol. The molecule has 20 heavy (non-hydrogen) atoms. The van der Waals surface area contributed by atoms with Gasteiger partial charge in [0, 0.05) is 11.6 Å². The predicted octanol–water partition coefficient (Wildman–Crippen LogP) is 4.19. The van der Waals surface area contributed by atoms with Crippen LogP contribution in [0.5, 0.6) is 0 Å². The Kier molecular flexibility index (Phi) is 4.11. The lowest BCUT2D eigenvalue weighted by molar-refractivity contribution is 0.430. The summed E-state index contributed by atoms with van der Waals surface area (Å²) in [4.78, 5) is 2.40. The van der Waals surface area contributed by atoms with Crippen molar-refractivity contribution in [2.45, 2.75) is 44.6 Å². The van der Waals surface area contributed by atoms with Crippen LogP contribution in [0.4, 0.5) is 5.69 Å². The fourth-order valence-electron chi connectivity index (χ4n) is 3.41. The predicted molar refractivity (Wildman–Crippen MR) is 85.8 cm³/mol. The van der Waals surface area contributed by atoms with Crippen molar-refractivity contribution >= 4 is 5.69 Å². The fourth-order valence-corrected chi connectivity index (χ4v) is 3.41. The molecule has 1 heterocycles. The maximum absolute atomic E-state index is 3.98. The summed E-state index contributed by atoms with van der Waals surface area (Å²) in [6.45, 7) is 4.82. The third-order valence-electron chi connectivity index (χ3n) is 4.56. The minimum atomic E-state index is 0.410. The van der Waals surface area contributed by atoms with E-state index in [0.29, 0.717) is 12.0 Å². The van der Waals surface area contributed by atoms with Gasteiger partial charge in [-0.2, -0.15) is 0 Å². The van der Waals surface area contributed by atoms with Crippen LogP contribution in [0, 0.1) is 17.8 Å². The first-order valence-electron chi connectivity index (χ1n) is 7.84. The van der Waals surface area contributed by atoms with Crippen molar-refractivity contribution in [2.75, 3.05) is 11.4 Å². The van der Waals surface area contributed by atoms with E-state index in [0.717, 1.165) is 13.0 Å². The van der Waals surface area contributed by atoms with E-state index in [1.54, 1.807) is 0 Å². The van der Waals surface area contributed by atoms with Gasteiger partial charge in [0.25, 0.3) is 0 Å². The second-order valence-electron chi connectivity index (χ2n) is 5.92. The number of hydrogen-bond acceptors (Lipinski definition) is 1. The molecule has 0 saturated heterocycles. The molecule has 1 atom stereocenters. The molecule has 1 nitrogen and oxygen atoms in total. The molecule has 0 bridgehead atoms. The Morgan fingerprint density at radius 2 is 2.00 bits per heavy atom. The molecule has 3 rings (SSSR count). The molecule has 1 unspecified atom stereocenters. The first-order chi connectivity index (χ1) is 9.88. The third kappa shape index (κ3) is 2.75. The minimum absolute atomic E-state index is 0.410. The second kappa shape index (κ2) is 6.18. The van der Waals surface area contributed by atoms with Crippen molar-refractivity contribution in [3.05, 3.63) is 42.5 Å². The van der Waals surface area contributed by atoms with Crippen molar-refractivity contribution in [3.8, 4) is 11.8 Å². The Labute approximate surface area is 122 Å². The van der Waals surface area contributed by atoms with Crippen molar-refractivity contribution in [1.82, 2.24) is 0 Å². The number of para-hydroxylation sites is 1. The maximum Gasteiger partial charge on any atom is 0.0800 e. The van der Waals surface area contributed by atoms with Gasteiger partial charge in [-0.1, -0.05) is 55.4 Å². The Balaban J connectivity index is 1.69. The lowest BCUT2D eigenvalue weighted by Crippen LogP contribution is -2.30. The lowest BCUT2D eigenvalue weighted by atomic mass is 9.90. The molecular formula is C19H23N. The van der Waals surface area contributed by atoms with E-state index < -0.39 is 0 Å². The van der Waals surface area contributed by atoms with Gasteiger partial charge in [0.2, 0.25) is 0 Å². The molecule has 1 heteroatoms. The number of nitrogens with zero attached hydrogens (tertiary/aromatic N) is 1. The first kappa shape index (κ1) is 13.3. The van der Waals surface area contributed by atoms with Gasteiger partial charge < -0.3 is 4.90 Å². The Morgan fingerprint density at radius 1 is 1.20 bits per heavy atom. The molecule has 0 radical (unpaired) electrons. The summed E-state index contributed by atoms with van der Waals surface area (Å²) in [6, 6.07) is 9.08. The van der Waals surface area contributed by atoms with Crippen LogP contribution in [0.3, 0.4) is 0 Å². The molecule has 2 aliphatic rings. The smallest absolute Gasteiger partial charge is 0.0800 e. The molecule has 1 aromatic rings. The van der Waals surface area contributed by atoms with E-state index >= 15 is 0 Å². The van der Waals surface area contributed by atoms with Gasteiger partial charge in [-0.15, -0.1) is 6.58 Å². The van der Waals surface area contributed by atoms with E-state index in [4.69, 9.17) is 0 Å². The molecule has 0 spiro atoms. The van der Waals surface area contributed by atoms with Crippen LogP contribution in [0.1, 0.15) is 37.7 Å². The zero-order chi connectivity index (χ0) is 13.8. The normalized spacial score (nSPS) is 22.0. The molecule has 0 N–H and O–H groups in total. The minimum Gasteiger partial charge on any atom is -0.353 e. The van der Waals surface area contributed by atoms with E-state index in [2.05, 4.69) is 53.7 Å². The van der Waals surface area contributed by atoms with E-state index in [1.807, 2.05) is 0 Å². The van der Waals surface area contributed by atoms with Crippen LogP contribution in [0.2, 0.25) is 0 Å². The summed E-state index contributed by atoms with van der Waals surface area (Å²) in [6.07, 6.45) is 9.86. The summed E-state index contributed by atoms with van der Waals surface area (Å²) in [5, 5.41) is 0. The van der Waals surface area contributed by atoms with Gasteiger partial charge in [0.05, 0.1) is 12.6 Å². The Morgan fingerprint density at radius 3 is 2.80 bits per heavy atom. The number of rotatable bonds is 2. The van der Waals surface area contributed by atoms with E-state index in [1.165, 1.54) is 43.4 Å². The molecule has 1 aliphatic heterocycles. The van der Waals surface area contributed by atoms with E-state index in [-0.39, 0.29) is 0 Å². The Bertz CT molecular complexity index is 528. The van der Waals surface area contributed by atoms with Gasteiger partial charge in [0.1, 0.15) is 0 Å². The molecule has 0 amide bonds. The number of benzene rings is 1. The quantitative estimate of drug-likeness (QED) is 0.572. The van der Waals surface area contributed by atoms with Gasteiger partial charge >= 0.3 is 0 Å². The van der Waals surface area contributed by atoms with Crippen LogP contribution in [-0.4, -0.2) is 12.6 Å². The largest absolute Gasteiger partial charge is 0.353 e. The summed E-state index contributed by atoms with van der Waals surface area (Å²) in [5.41, 5.74) is 2.77. The zero-order valence-electron chi connectivity index (χ0n) is 12.1. The SMILES string of the molecule is C=CC1Cc2ccccc2N1CC#CC1CCCCC1. The molecule has 0 aromatic heterocycles. The third-order valence-corrected chi connectivity index (χ3v) is 4.56. The van der Waals surface area contributed by atoms with Crippen molar-refractivity contribution < 1.29 is 0 Å². The summed E-state index contributed by atoms with van der Waals surface area (Å²) in [5.74, 6) is 7.57. The van der Waals surface area contributed by atoms with E-state index in [9.17, 15) is 0 Å². The topological polar surface area (TPSA) is 3.24 Å². The average Bonchev–Trinajstić information content (AvgIpc) is 2.87. The highest BCUT2D eigenvalue weighted by molar-refractivity contribution is 5.61. The molecule has 1 aliphatic carbocycles. The summed E-state index contributed by atoms with van der Waals surface area (Å²) >= 11 is 0. The monoisotopic (exact) mass is 265 g/mol. The molecule has 1 aromatic carbocycles. The van der Waals surface area contributed by atoms with Crippen molar-refractivity contribution in [3.63, 3.8) is 0 Å². The van der Waals surface area contributed by atoms with Gasteiger partial charge in [-0.05, 0) is 30.9 Å². The van der Waals surface area contributed by atoms with Gasteiger partial charge in [-0.3, -0.25) is 0 Å². The van der Waals surface area contributed by atoms with Crippen LogP contribution < -0.4 is 4.90 Å². The van der Waals surface area contributed by atoms with Gasteiger partial charge in [0.15, 0.2) is 0 Å². The van der Waals surface area contributed by atoms with Crippen molar-refractivity contribution in [1.29, 1.82) is 0 Å². The molecule has 104 valence electrons. The number of fused-ring (bicyclic) bond motifs is 1. The summed E-state index contributed by atoms with van der Waals surface area (Å²) < 4.78 is 0. The fraction of sp³-hybridized carbons (Fsp3) is 0.474.